The van der Waals surface area contributed by atoms with Crippen molar-refractivity contribution in [1.82, 2.24) is 4.90 Å². The Bertz CT molecular complexity index is 1010. The van der Waals surface area contributed by atoms with Crippen molar-refractivity contribution in [2.24, 2.45) is 0 Å². The van der Waals surface area contributed by atoms with Crippen molar-refractivity contribution in [1.29, 1.82) is 0 Å². The first kappa shape index (κ1) is 23.1. The lowest BCUT2D eigenvalue weighted by Gasteiger charge is -2.25. The molecule has 0 unspecified atom stereocenters. The van der Waals surface area contributed by atoms with Gasteiger partial charge in [0.1, 0.15) is 23.9 Å². The molecular formula is C25H27NO6. The number of carbonyl (C=O) groups excluding carboxylic acids is 2. The van der Waals surface area contributed by atoms with Gasteiger partial charge in [-0.1, -0.05) is 24.8 Å². The largest absolute Gasteiger partial charge is 0.507 e. The average molecular weight is 437 g/mol. The van der Waals surface area contributed by atoms with E-state index in [1.54, 1.807) is 62.8 Å². The second-order valence-electron chi connectivity index (χ2n) is 7.24. The van der Waals surface area contributed by atoms with E-state index in [1.165, 1.54) is 4.90 Å². The molecule has 0 radical (unpaired) electrons. The number of carbonyl (C=O) groups is 2. The van der Waals surface area contributed by atoms with E-state index >= 15 is 0 Å². The molecule has 7 heteroatoms. The Labute approximate surface area is 187 Å². The van der Waals surface area contributed by atoms with Crippen LogP contribution < -0.4 is 9.47 Å². The number of hydrogen-bond donors (Lipinski definition) is 1. The first-order chi connectivity index (χ1) is 15.5. The van der Waals surface area contributed by atoms with Crippen molar-refractivity contribution >= 4 is 17.4 Å². The highest BCUT2D eigenvalue weighted by Crippen LogP contribution is 2.40. The molecule has 1 amide bonds. The van der Waals surface area contributed by atoms with Crippen LogP contribution >= 0.6 is 0 Å². The molecule has 1 atom stereocenters. The number of likely N-dealkylation sites (tertiary alicyclic amines) is 1. The fourth-order valence-electron chi connectivity index (χ4n) is 3.67. The van der Waals surface area contributed by atoms with E-state index in [9.17, 15) is 14.7 Å². The van der Waals surface area contributed by atoms with Crippen molar-refractivity contribution < 1.29 is 28.9 Å². The first-order valence-corrected chi connectivity index (χ1v) is 10.3. The number of nitrogens with zero attached hydrogens (tertiary/aromatic N) is 1. The van der Waals surface area contributed by atoms with E-state index < -0.39 is 17.7 Å². The minimum atomic E-state index is -0.737. The van der Waals surface area contributed by atoms with Crippen molar-refractivity contribution in [2.75, 3.05) is 34.0 Å². The number of hydrogen-bond acceptors (Lipinski definition) is 6. The van der Waals surface area contributed by atoms with Crippen LogP contribution in [0.4, 0.5) is 0 Å². The van der Waals surface area contributed by atoms with Gasteiger partial charge < -0.3 is 24.2 Å². The zero-order valence-electron chi connectivity index (χ0n) is 18.2. The highest BCUT2D eigenvalue weighted by molar-refractivity contribution is 6.46. The SMILES string of the molecule is C=CCOc1ccc(C(O)=C2C(=O)C(=O)N(CCCOC)[C@H]2c2cccc(OC)c2)cc1. The van der Waals surface area contributed by atoms with E-state index in [0.29, 0.717) is 48.8 Å². The summed E-state index contributed by atoms with van der Waals surface area (Å²) in [6.07, 6.45) is 2.19. The Kier molecular flexibility index (Phi) is 7.68. The van der Waals surface area contributed by atoms with Crippen LogP contribution in [0, 0.1) is 0 Å². The molecule has 1 aliphatic rings. The molecule has 1 fully saturated rings. The quantitative estimate of drug-likeness (QED) is 0.201. The summed E-state index contributed by atoms with van der Waals surface area (Å²) in [6.45, 7) is 4.72. The van der Waals surface area contributed by atoms with Crippen LogP contribution in [0.3, 0.4) is 0 Å². The number of aliphatic hydroxyl groups is 1. The Balaban J connectivity index is 2.06. The summed E-state index contributed by atoms with van der Waals surface area (Å²) in [4.78, 5) is 27.4. The maximum atomic E-state index is 13.0. The van der Waals surface area contributed by atoms with Gasteiger partial charge in [-0.2, -0.15) is 0 Å². The summed E-state index contributed by atoms with van der Waals surface area (Å²) in [5.74, 6) is -0.415. The molecule has 168 valence electrons. The van der Waals surface area contributed by atoms with Gasteiger partial charge in [0.15, 0.2) is 0 Å². The van der Waals surface area contributed by atoms with Crippen LogP contribution in [-0.4, -0.2) is 55.7 Å². The third-order valence-corrected chi connectivity index (χ3v) is 5.19. The maximum absolute atomic E-state index is 13.0. The first-order valence-electron chi connectivity index (χ1n) is 10.3. The number of benzene rings is 2. The third kappa shape index (κ3) is 4.84. The van der Waals surface area contributed by atoms with Crippen molar-refractivity contribution in [3.8, 4) is 11.5 Å². The molecule has 0 aromatic heterocycles. The van der Waals surface area contributed by atoms with Gasteiger partial charge in [0, 0.05) is 25.8 Å². The van der Waals surface area contributed by atoms with Crippen LogP contribution in [0.2, 0.25) is 0 Å². The summed E-state index contributed by atoms with van der Waals surface area (Å²) < 4.78 is 15.9. The van der Waals surface area contributed by atoms with E-state index in [0.717, 1.165) is 0 Å². The topological polar surface area (TPSA) is 85.3 Å². The van der Waals surface area contributed by atoms with Crippen LogP contribution in [0.5, 0.6) is 11.5 Å². The molecule has 1 saturated heterocycles. The Morgan fingerprint density at radius 1 is 1.12 bits per heavy atom. The lowest BCUT2D eigenvalue weighted by Crippen LogP contribution is -2.31. The average Bonchev–Trinajstić information content (AvgIpc) is 3.08. The second kappa shape index (κ2) is 10.6. The van der Waals surface area contributed by atoms with Gasteiger partial charge in [0.25, 0.3) is 11.7 Å². The van der Waals surface area contributed by atoms with Gasteiger partial charge in [-0.05, 0) is 48.4 Å². The van der Waals surface area contributed by atoms with E-state index in [4.69, 9.17) is 14.2 Å². The molecule has 0 aliphatic carbocycles. The zero-order chi connectivity index (χ0) is 23.1. The van der Waals surface area contributed by atoms with Crippen molar-refractivity contribution in [3.05, 3.63) is 77.9 Å². The van der Waals surface area contributed by atoms with Gasteiger partial charge in [-0.25, -0.2) is 0 Å². The molecule has 7 nitrogen and oxygen atoms in total. The summed E-state index contributed by atoms with van der Waals surface area (Å²) >= 11 is 0. The predicted molar refractivity (Wildman–Crippen MR) is 121 cm³/mol. The van der Waals surface area contributed by atoms with Crippen LogP contribution in [-0.2, 0) is 14.3 Å². The van der Waals surface area contributed by atoms with Gasteiger partial charge in [0.05, 0.1) is 18.7 Å². The van der Waals surface area contributed by atoms with Crippen LogP contribution in [0.25, 0.3) is 5.76 Å². The molecule has 32 heavy (non-hydrogen) atoms. The van der Waals surface area contributed by atoms with Gasteiger partial charge in [0.2, 0.25) is 0 Å². The summed E-state index contributed by atoms with van der Waals surface area (Å²) in [7, 11) is 3.13. The second-order valence-corrected chi connectivity index (χ2v) is 7.24. The number of methoxy groups -OCH3 is 2. The third-order valence-electron chi connectivity index (χ3n) is 5.19. The number of amides is 1. The Hall–Kier alpha value is -3.58. The predicted octanol–water partition coefficient (Wildman–Crippen LogP) is 3.72. The lowest BCUT2D eigenvalue weighted by atomic mass is 9.95. The molecule has 1 heterocycles. The molecule has 1 N–H and O–H groups in total. The number of Topliss-reactive ketones (excluding diaryl/α,β-unsaturated/α-hetero) is 1. The number of aliphatic hydroxyl groups excluding tert-OH is 1. The fourth-order valence-corrected chi connectivity index (χ4v) is 3.67. The standard InChI is InChI=1S/C25H27NO6/c1-4-14-32-19-11-9-17(10-12-19)23(27)21-22(18-7-5-8-20(16-18)31-3)26(13-6-15-30-2)25(29)24(21)28/h4-5,7-12,16,22,27H,1,6,13-15H2,2-3H3/t22-/m0/s1. The van der Waals surface area contributed by atoms with E-state index in [1.807, 2.05) is 6.07 Å². The van der Waals surface area contributed by atoms with Gasteiger partial charge in [-0.15, -0.1) is 0 Å². The fraction of sp³-hybridized carbons (Fsp3) is 0.280. The van der Waals surface area contributed by atoms with E-state index in [-0.39, 0.29) is 11.3 Å². The summed E-state index contributed by atoms with van der Waals surface area (Å²) in [6, 6.07) is 13.1. The van der Waals surface area contributed by atoms with Crippen molar-refractivity contribution in [3.63, 3.8) is 0 Å². The molecule has 2 aromatic carbocycles. The molecule has 0 saturated carbocycles. The molecule has 3 rings (SSSR count). The molecule has 1 aliphatic heterocycles. The minimum absolute atomic E-state index is 0.0421. The Morgan fingerprint density at radius 3 is 2.53 bits per heavy atom. The number of ether oxygens (including phenoxy) is 3. The van der Waals surface area contributed by atoms with Gasteiger partial charge in [-0.3, -0.25) is 9.59 Å². The highest BCUT2D eigenvalue weighted by atomic mass is 16.5. The van der Waals surface area contributed by atoms with Gasteiger partial charge >= 0.3 is 0 Å². The van der Waals surface area contributed by atoms with Crippen molar-refractivity contribution in [2.45, 2.75) is 12.5 Å². The molecular weight excluding hydrogens is 410 g/mol. The number of rotatable bonds is 10. The smallest absolute Gasteiger partial charge is 0.295 e. The molecule has 0 bridgehead atoms. The maximum Gasteiger partial charge on any atom is 0.295 e. The number of ketones is 1. The summed E-state index contributed by atoms with van der Waals surface area (Å²) in [5.41, 5.74) is 1.13. The Morgan fingerprint density at radius 2 is 1.88 bits per heavy atom. The van der Waals surface area contributed by atoms with E-state index in [2.05, 4.69) is 6.58 Å². The molecule has 0 spiro atoms. The lowest BCUT2D eigenvalue weighted by molar-refractivity contribution is -0.140. The molecule has 2 aromatic rings. The zero-order valence-corrected chi connectivity index (χ0v) is 18.2. The monoisotopic (exact) mass is 437 g/mol. The normalized spacial score (nSPS) is 17.4. The minimum Gasteiger partial charge on any atom is -0.507 e. The summed E-state index contributed by atoms with van der Waals surface area (Å²) in [5, 5.41) is 11.1. The highest BCUT2D eigenvalue weighted by Gasteiger charge is 2.45. The van der Waals surface area contributed by atoms with Crippen LogP contribution in [0.15, 0.2) is 66.8 Å². The van der Waals surface area contributed by atoms with Crippen LogP contribution in [0.1, 0.15) is 23.6 Å².